The number of benzene rings is 1. The Labute approximate surface area is 114 Å². The molecule has 1 aliphatic carbocycles. The number of anilines is 1. The van der Waals surface area contributed by atoms with Crippen LogP contribution in [0.4, 0.5) is 15.8 Å². The van der Waals surface area contributed by atoms with Gasteiger partial charge in [-0.2, -0.15) is 0 Å². The van der Waals surface area contributed by atoms with Gasteiger partial charge in [0, 0.05) is 12.6 Å². The molecule has 2 rings (SSSR count). The van der Waals surface area contributed by atoms with E-state index in [9.17, 15) is 24.4 Å². The third kappa shape index (κ3) is 2.71. The van der Waals surface area contributed by atoms with E-state index in [-0.39, 0.29) is 17.9 Å². The number of nitro benzene ring substituents is 1. The van der Waals surface area contributed by atoms with Crippen molar-refractivity contribution < 1.29 is 19.2 Å². The van der Waals surface area contributed by atoms with Crippen molar-refractivity contribution in [2.75, 3.05) is 11.9 Å². The van der Waals surface area contributed by atoms with E-state index >= 15 is 0 Å². The van der Waals surface area contributed by atoms with Crippen molar-refractivity contribution >= 4 is 17.3 Å². The van der Waals surface area contributed by atoms with Crippen LogP contribution in [0.5, 0.6) is 0 Å². The van der Waals surface area contributed by atoms with Crippen molar-refractivity contribution in [1.82, 2.24) is 0 Å². The average molecular weight is 282 g/mol. The largest absolute Gasteiger partial charge is 0.481 e. The summed E-state index contributed by atoms with van der Waals surface area (Å²) in [7, 11) is 0. The highest BCUT2D eigenvalue weighted by molar-refractivity contribution is 5.76. The van der Waals surface area contributed by atoms with Crippen LogP contribution < -0.4 is 5.32 Å². The molecule has 0 bridgehead atoms. The van der Waals surface area contributed by atoms with Crippen LogP contribution in [0, 0.1) is 21.3 Å². The maximum Gasteiger partial charge on any atom is 0.311 e. The number of hydrogen-bond acceptors (Lipinski definition) is 4. The van der Waals surface area contributed by atoms with Crippen molar-refractivity contribution in [3.8, 4) is 0 Å². The summed E-state index contributed by atoms with van der Waals surface area (Å²) in [6.07, 6.45) is 2.81. The highest BCUT2D eigenvalue weighted by Gasteiger charge is 2.41. The van der Waals surface area contributed by atoms with E-state index < -0.39 is 22.1 Å². The molecule has 0 atom stereocenters. The van der Waals surface area contributed by atoms with Gasteiger partial charge in [-0.1, -0.05) is 12.8 Å². The van der Waals surface area contributed by atoms with Crippen LogP contribution in [-0.2, 0) is 4.79 Å². The molecule has 7 heteroatoms. The molecule has 0 amide bonds. The van der Waals surface area contributed by atoms with Gasteiger partial charge in [-0.15, -0.1) is 0 Å². The van der Waals surface area contributed by atoms with Crippen LogP contribution in [0.15, 0.2) is 18.2 Å². The fourth-order valence-corrected chi connectivity index (χ4v) is 2.54. The molecule has 0 unspecified atom stereocenters. The standard InChI is InChI=1S/C13H15FN2O4/c14-10-7-9(16(19)20)3-4-11(10)15-8-13(12(17)18)5-1-2-6-13/h3-4,7,15H,1-2,5-6,8H2,(H,17,18). The van der Waals surface area contributed by atoms with Gasteiger partial charge in [0.25, 0.3) is 5.69 Å². The zero-order valence-corrected chi connectivity index (χ0v) is 10.8. The Kier molecular flexibility index (Phi) is 3.87. The van der Waals surface area contributed by atoms with Crippen LogP contribution in [0.2, 0.25) is 0 Å². The molecule has 1 aromatic rings. The van der Waals surface area contributed by atoms with E-state index in [0.29, 0.717) is 12.8 Å². The first-order valence-electron chi connectivity index (χ1n) is 6.36. The van der Waals surface area contributed by atoms with Crippen LogP contribution in [-0.4, -0.2) is 22.5 Å². The van der Waals surface area contributed by atoms with Crippen molar-refractivity contribution in [2.24, 2.45) is 5.41 Å². The Morgan fingerprint density at radius 2 is 2.10 bits per heavy atom. The van der Waals surface area contributed by atoms with Gasteiger partial charge in [0.15, 0.2) is 5.82 Å². The average Bonchev–Trinajstić information content (AvgIpc) is 2.87. The molecule has 1 fully saturated rings. The lowest BCUT2D eigenvalue weighted by atomic mass is 9.86. The van der Waals surface area contributed by atoms with Crippen LogP contribution in [0.1, 0.15) is 25.7 Å². The maximum absolute atomic E-state index is 13.7. The van der Waals surface area contributed by atoms with Crippen molar-refractivity contribution in [3.05, 3.63) is 34.1 Å². The minimum atomic E-state index is -0.884. The first kappa shape index (κ1) is 14.2. The zero-order valence-electron chi connectivity index (χ0n) is 10.8. The molecule has 1 saturated carbocycles. The van der Waals surface area contributed by atoms with Gasteiger partial charge in [0.05, 0.1) is 22.1 Å². The van der Waals surface area contributed by atoms with Crippen LogP contribution in [0.25, 0.3) is 0 Å². The Bertz CT molecular complexity index is 541. The second-order valence-corrected chi connectivity index (χ2v) is 5.07. The molecule has 2 N–H and O–H groups in total. The van der Waals surface area contributed by atoms with Crippen LogP contribution in [0.3, 0.4) is 0 Å². The predicted octanol–water partition coefficient (Wildman–Crippen LogP) is 2.79. The second-order valence-electron chi connectivity index (χ2n) is 5.07. The summed E-state index contributed by atoms with van der Waals surface area (Å²) in [5, 5.41) is 22.6. The first-order valence-corrected chi connectivity index (χ1v) is 6.36. The zero-order chi connectivity index (χ0) is 14.8. The highest BCUT2D eigenvalue weighted by atomic mass is 19.1. The molecule has 108 valence electrons. The minimum Gasteiger partial charge on any atom is -0.481 e. The Morgan fingerprint density at radius 1 is 1.45 bits per heavy atom. The summed E-state index contributed by atoms with van der Waals surface area (Å²) in [6.45, 7) is 0.122. The van der Waals surface area contributed by atoms with E-state index in [1.165, 1.54) is 12.1 Å². The smallest absolute Gasteiger partial charge is 0.311 e. The molecule has 0 radical (unpaired) electrons. The molecule has 0 aliphatic heterocycles. The van der Waals surface area contributed by atoms with Gasteiger partial charge in [-0.3, -0.25) is 14.9 Å². The number of nitrogens with zero attached hydrogens (tertiary/aromatic N) is 1. The molecular formula is C13H15FN2O4. The van der Waals surface area contributed by atoms with Crippen LogP contribution >= 0.6 is 0 Å². The lowest BCUT2D eigenvalue weighted by molar-refractivity contribution is -0.385. The molecule has 1 aliphatic rings. The van der Waals surface area contributed by atoms with Gasteiger partial charge in [0.1, 0.15) is 0 Å². The summed E-state index contributed by atoms with van der Waals surface area (Å²) in [4.78, 5) is 21.2. The normalized spacial score (nSPS) is 16.9. The van der Waals surface area contributed by atoms with Gasteiger partial charge in [-0.25, -0.2) is 4.39 Å². The number of nitro groups is 1. The lowest BCUT2D eigenvalue weighted by Crippen LogP contribution is -2.35. The van der Waals surface area contributed by atoms with Crippen molar-refractivity contribution in [2.45, 2.75) is 25.7 Å². The SMILES string of the molecule is O=C(O)C1(CNc2ccc([N+](=O)[O-])cc2F)CCCC1. The molecule has 0 spiro atoms. The number of carboxylic acids is 1. The summed E-state index contributed by atoms with van der Waals surface area (Å²) >= 11 is 0. The number of halogens is 1. The van der Waals surface area contributed by atoms with Crippen molar-refractivity contribution in [1.29, 1.82) is 0 Å². The summed E-state index contributed by atoms with van der Waals surface area (Å²) in [5.74, 6) is -1.64. The number of rotatable bonds is 5. The van der Waals surface area contributed by atoms with Gasteiger partial charge >= 0.3 is 5.97 Å². The maximum atomic E-state index is 13.7. The third-order valence-corrected chi connectivity index (χ3v) is 3.80. The Balaban J connectivity index is 2.10. The molecule has 0 saturated heterocycles. The third-order valence-electron chi connectivity index (χ3n) is 3.80. The summed E-state index contributed by atoms with van der Waals surface area (Å²) in [6, 6.07) is 3.27. The van der Waals surface area contributed by atoms with E-state index in [1.54, 1.807) is 0 Å². The van der Waals surface area contributed by atoms with Gasteiger partial charge in [-0.05, 0) is 18.9 Å². The molecule has 0 heterocycles. The summed E-state index contributed by atoms with van der Waals surface area (Å²) in [5.41, 5.74) is -1.11. The number of carbonyl (C=O) groups is 1. The highest BCUT2D eigenvalue weighted by Crippen LogP contribution is 2.38. The van der Waals surface area contributed by atoms with E-state index in [0.717, 1.165) is 18.9 Å². The monoisotopic (exact) mass is 282 g/mol. The quantitative estimate of drug-likeness (QED) is 0.640. The number of hydrogen-bond donors (Lipinski definition) is 2. The molecule has 20 heavy (non-hydrogen) atoms. The van der Waals surface area contributed by atoms with E-state index in [2.05, 4.69) is 5.32 Å². The number of carboxylic acid groups (broad SMARTS) is 1. The summed E-state index contributed by atoms with van der Waals surface area (Å²) < 4.78 is 13.7. The Morgan fingerprint density at radius 3 is 2.60 bits per heavy atom. The fourth-order valence-electron chi connectivity index (χ4n) is 2.54. The molecular weight excluding hydrogens is 267 g/mol. The van der Waals surface area contributed by atoms with Gasteiger partial charge in [0.2, 0.25) is 0 Å². The number of aliphatic carboxylic acids is 1. The van der Waals surface area contributed by atoms with E-state index in [1.807, 2.05) is 0 Å². The lowest BCUT2D eigenvalue weighted by Gasteiger charge is -2.24. The minimum absolute atomic E-state index is 0.0862. The topological polar surface area (TPSA) is 92.5 Å². The van der Waals surface area contributed by atoms with E-state index in [4.69, 9.17) is 0 Å². The number of non-ortho nitro benzene ring substituents is 1. The predicted molar refractivity (Wildman–Crippen MR) is 70.1 cm³/mol. The number of nitrogens with one attached hydrogen (secondary N) is 1. The second kappa shape index (κ2) is 5.44. The Hall–Kier alpha value is -2.18. The van der Waals surface area contributed by atoms with Crippen molar-refractivity contribution in [3.63, 3.8) is 0 Å². The van der Waals surface area contributed by atoms with Gasteiger partial charge < -0.3 is 10.4 Å². The molecule has 1 aromatic carbocycles. The molecule has 0 aromatic heterocycles. The fraction of sp³-hybridized carbons (Fsp3) is 0.462. The first-order chi connectivity index (χ1) is 9.44. The molecule has 6 nitrogen and oxygen atoms in total.